The Morgan fingerprint density at radius 2 is 1.96 bits per heavy atom. The van der Waals surface area contributed by atoms with E-state index in [0.29, 0.717) is 19.0 Å². The van der Waals surface area contributed by atoms with Gasteiger partial charge in [0.05, 0.1) is 25.5 Å². The van der Waals surface area contributed by atoms with E-state index in [9.17, 15) is 0 Å². The summed E-state index contributed by atoms with van der Waals surface area (Å²) in [5, 5.41) is 12.5. The molecule has 1 aromatic carbocycles. The van der Waals surface area contributed by atoms with Crippen LogP contribution in [0.25, 0.3) is 5.65 Å². The first kappa shape index (κ1) is 16.6. The van der Waals surface area contributed by atoms with Crippen molar-refractivity contribution in [2.45, 2.75) is 0 Å². The number of morpholine rings is 1. The second kappa shape index (κ2) is 7.59. The van der Waals surface area contributed by atoms with Crippen molar-refractivity contribution in [2.24, 2.45) is 0 Å². The molecule has 0 unspecified atom stereocenters. The van der Waals surface area contributed by atoms with Crippen LogP contribution in [0.3, 0.4) is 0 Å². The van der Waals surface area contributed by atoms with Crippen LogP contribution in [0.1, 0.15) is 0 Å². The van der Waals surface area contributed by atoms with Crippen molar-refractivity contribution >= 4 is 22.8 Å². The highest BCUT2D eigenvalue weighted by Crippen LogP contribution is 2.38. The molecule has 0 amide bonds. The second-order valence-corrected chi connectivity index (χ2v) is 5.88. The summed E-state index contributed by atoms with van der Waals surface area (Å²) in [5.41, 5.74) is 2.58. The van der Waals surface area contributed by atoms with Gasteiger partial charge in [0.2, 0.25) is 0 Å². The van der Waals surface area contributed by atoms with Crippen LogP contribution in [0.2, 0.25) is 0 Å². The van der Waals surface area contributed by atoms with Crippen LogP contribution < -0.4 is 15.0 Å². The third-order valence-corrected chi connectivity index (χ3v) is 4.24. The maximum absolute atomic E-state index is 9.13. The highest BCUT2D eigenvalue weighted by atomic mass is 16.5. The molecule has 3 aromatic rings. The van der Waals surface area contributed by atoms with Gasteiger partial charge < -0.3 is 29.2 Å². The normalized spacial score (nSPS) is 14.6. The van der Waals surface area contributed by atoms with Crippen LogP contribution in [-0.2, 0) is 4.74 Å². The molecule has 2 aromatic heterocycles. The Bertz CT molecular complexity index is 876. The van der Waals surface area contributed by atoms with Gasteiger partial charge in [-0.2, -0.15) is 0 Å². The fourth-order valence-electron chi connectivity index (χ4n) is 3.08. The molecule has 0 radical (unpaired) electrons. The van der Waals surface area contributed by atoms with Crippen molar-refractivity contribution in [1.29, 1.82) is 0 Å². The number of aliphatic hydroxyl groups excluding tert-OH is 1. The molecule has 0 atom stereocenters. The van der Waals surface area contributed by atoms with E-state index in [2.05, 4.69) is 20.2 Å². The first-order chi connectivity index (χ1) is 12.9. The molecule has 0 bridgehead atoms. The molecule has 136 valence electrons. The monoisotopic (exact) mass is 355 g/mol. The Morgan fingerprint density at radius 3 is 2.77 bits per heavy atom. The number of hydrogen-bond donors (Lipinski definition) is 2. The van der Waals surface area contributed by atoms with Gasteiger partial charge in [0.15, 0.2) is 11.5 Å². The van der Waals surface area contributed by atoms with E-state index in [1.165, 1.54) is 0 Å². The summed E-state index contributed by atoms with van der Waals surface area (Å²) in [6.07, 6.45) is 7.21. The van der Waals surface area contributed by atoms with Crippen LogP contribution in [-0.4, -0.2) is 59.0 Å². The smallest absolute Gasteiger partial charge is 0.180 e. The molecule has 0 aliphatic carbocycles. The minimum absolute atomic E-state index is 0.0326. The summed E-state index contributed by atoms with van der Waals surface area (Å²) in [7, 11) is 0. The number of fused-ring (bicyclic) bond motifs is 1. The molecule has 1 aliphatic heterocycles. The van der Waals surface area contributed by atoms with E-state index in [4.69, 9.17) is 14.6 Å². The number of ether oxygens (including phenoxy) is 2. The number of anilines is 3. The Labute approximate surface area is 151 Å². The van der Waals surface area contributed by atoms with Crippen LogP contribution in [0.4, 0.5) is 17.2 Å². The maximum atomic E-state index is 9.13. The van der Waals surface area contributed by atoms with Crippen LogP contribution >= 0.6 is 0 Å². The number of nitrogens with one attached hydrogen (secondary N) is 1. The second-order valence-electron chi connectivity index (χ2n) is 5.88. The van der Waals surface area contributed by atoms with E-state index in [1.54, 1.807) is 12.4 Å². The number of nitrogens with zero attached hydrogens (tertiary/aromatic N) is 4. The number of aliphatic hydroxyl groups is 1. The lowest BCUT2D eigenvalue weighted by molar-refractivity contribution is 0.122. The quantitative estimate of drug-likeness (QED) is 0.696. The van der Waals surface area contributed by atoms with Gasteiger partial charge in [-0.15, -0.1) is 0 Å². The van der Waals surface area contributed by atoms with Crippen molar-refractivity contribution < 1.29 is 14.6 Å². The van der Waals surface area contributed by atoms with Crippen LogP contribution in [0.15, 0.2) is 43.0 Å². The highest BCUT2D eigenvalue weighted by Gasteiger charge is 2.20. The fraction of sp³-hybridized carbons (Fsp3) is 0.333. The molecule has 1 aliphatic rings. The van der Waals surface area contributed by atoms with E-state index in [1.807, 2.05) is 35.0 Å². The number of hydrogen-bond acceptors (Lipinski definition) is 7. The topological polar surface area (TPSA) is 84.2 Å². The molecule has 1 saturated heterocycles. The Kier molecular flexibility index (Phi) is 4.85. The lowest BCUT2D eigenvalue weighted by atomic mass is 10.2. The number of rotatable bonds is 6. The zero-order valence-corrected chi connectivity index (χ0v) is 14.3. The minimum atomic E-state index is -0.0326. The van der Waals surface area contributed by atoms with Gasteiger partial charge in [0, 0.05) is 37.9 Å². The van der Waals surface area contributed by atoms with Crippen molar-refractivity contribution in [1.82, 2.24) is 14.4 Å². The molecule has 4 rings (SSSR count). The summed E-state index contributed by atoms with van der Waals surface area (Å²) >= 11 is 0. The predicted octanol–water partition coefficient (Wildman–Crippen LogP) is 1.68. The zero-order chi connectivity index (χ0) is 17.8. The van der Waals surface area contributed by atoms with Crippen molar-refractivity contribution in [3.8, 4) is 5.75 Å². The SMILES string of the molecule is OCCOc1cccc(Nc2nccn3ccnc23)c1N1CCOCC1. The number of imidazole rings is 1. The summed E-state index contributed by atoms with van der Waals surface area (Å²) in [6.45, 7) is 3.10. The van der Waals surface area contributed by atoms with Gasteiger partial charge in [0.25, 0.3) is 0 Å². The summed E-state index contributed by atoms with van der Waals surface area (Å²) in [4.78, 5) is 11.0. The first-order valence-corrected chi connectivity index (χ1v) is 8.61. The van der Waals surface area contributed by atoms with Crippen molar-refractivity contribution in [3.63, 3.8) is 0 Å². The third kappa shape index (κ3) is 3.29. The highest BCUT2D eigenvalue weighted by molar-refractivity contribution is 5.82. The lowest BCUT2D eigenvalue weighted by Crippen LogP contribution is -2.36. The predicted molar refractivity (Wildman–Crippen MR) is 98.3 cm³/mol. The van der Waals surface area contributed by atoms with E-state index < -0.39 is 0 Å². The summed E-state index contributed by atoms with van der Waals surface area (Å²) in [5.74, 6) is 1.40. The van der Waals surface area contributed by atoms with Crippen LogP contribution in [0.5, 0.6) is 5.75 Å². The first-order valence-electron chi connectivity index (χ1n) is 8.61. The van der Waals surface area contributed by atoms with Crippen LogP contribution in [0, 0.1) is 0 Å². The van der Waals surface area contributed by atoms with Gasteiger partial charge in [-0.25, -0.2) is 9.97 Å². The lowest BCUT2D eigenvalue weighted by Gasteiger charge is -2.32. The average molecular weight is 355 g/mol. The van der Waals surface area contributed by atoms with E-state index in [-0.39, 0.29) is 13.2 Å². The molecular formula is C18H21N5O3. The maximum Gasteiger partial charge on any atom is 0.180 e. The van der Waals surface area contributed by atoms with Gasteiger partial charge in [0.1, 0.15) is 18.0 Å². The number of aromatic nitrogens is 3. The molecule has 8 nitrogen and oxygen atoms in total. The third-order valence-electron chi connectivity index (χ3n) is 4.24. The van der Waals surface area contributed by atoms with E-state index in [0.717, 1.165) is 35.9 Å². The fourth-order valence-corrected chi connectivity index (χ4v) is 3.08. The van der Waals surface area contributed by atoms with Gasteiger partial charge in [-0.1, -0.05) is 6.07 Å². The summed E-state index contributed by atoms with van der Waals surface area (Å²) < 4.78 is 13.2. The minimum Gasteiger partial charge on any atom is -0.489 e. The number of benzene rings is 1. The molecule has 2 N–H and O–H groups in total. The molecular weight excluding hydrogens is 334 g/mol. The largest absolute Gasteiger partial charge is 0.489 e. The van der Waals surface area contributed by atoms with E-state index >= 15 is 0 Å². The average Bonchev–Trinajstić information content (AvgIpc) is 3.17. The van der Waals surface area contributed by atoms with Crippen molar-refractivity contribution in [3.05, 3.63) is 43.0 Å². The Morgan fingerprint density at radius 1 is 1.15 bits per heavy atom. The van der Waals surface area contributed by atoms with Gasteiger partial charge >= 0.3 is 0 Å². The number of para-hydroxylation sites is 1. The summed E-state index contributed by atoms with van der Waals surface area (Å²) in [6, 6.07) is 5.82. The molecule has 8 heteroatoms. The molecule has 3 heterocycles. The molecule has 26 heavy (non-hydrogen) atoms. The van der Waals surface area contributed by atoms with Gasteiger partial charge in [-0.05, 0) is 12.1 Å². The Hall–Kier alpha value is -2.84. The molecule has 0 spiro atoms. The molecule has 1 fully saturated rings. The van der Waals surface area contributed by atoms with Crippen molar-refractivity contribution in [2.75, 3.05) is 49.7 Å². The zero-order valence-electron chi connectivity index (χ0n) is 14.3. The standard InChI is InChI=1S/C18H21N5O3/c24-10-13-26-15-3-1-2-14(16(15)22-8-11-25-12-9-22)21-17-18-20-5-7-23(18)6-4-19-17/h1-7,24H,8-13H2,(H,19,21). The van der Waals surface area contributed by atoms with Gasteiger partial charge in [-0.3, -0.25) is 0 Å². The Balaban J connectivity index is 1.73. The molecule has 0 saturated carbocycles.